The third-order valence-corrected chi connectivity index (χ3v) is 6.69. The van der Waals surface area contributed by atoms with Crippen LogP contribution >= 0.6 is 11.8 Å². The molecule has 2 fully saturated rings. The van der Waals surface area contributed by atoms with Gasteiger partial charge in [-0.2, -0.15) is 0 Å². The third-order valence-electron chi connectivity index (χ3n) is 5.78. The average molecular weight is 482 g/mol. The number of carbonyl (C=O) groups is 4. The highest BCUT2D eigenvalue weighted by Crippen LogP contribution is 2.32. The number of aryl methyl sites for hydroxylation is 1. The van der Waals surface area contributed by atoms with Crippen molar-refractivity contribution < 1.29 is 23.6 Å². The van der Waals surface area contributed by atoms with Crippen LogP contribution in [0, 0.1) is 18.7 Å². The number of benzene rings is 2. The van der Waals surface area contributed by atoms with Gasteiger partial charge < -0.3 is 10.2 Å². The molecule has 7 nitrogen and oxygen atoms in total. The molecule has 0 aromatic heterocycles. The van der Waals surface area contributed by atoms with Crippen LogP contribution in [0.5, 0.6) is 0 Å². The minimum Gasteiger partial charge on any atom is -0.354 e. The molecule has 2 aromatic carbocycles. The number of hydrogen-bond acceptors (Lipinski definition) is 5. The highest BCUT2D eigenvalue weighted by Gasteiger charge is 2.36. The van der Waals surface area contributed by atoms with Crippen molar-refractivity contribution in [3.8, 4) is 0 Å². The lowest BCUT2D eigenvalue weighted by molar-refractivity contribution is -0.129. The Labute approximate surface area is 201 Å². The highest BCUT2D eigenvalue weighted by atomic mass is 32.2. The summed E-state index contributed by atoms with van der Waals surface area (Å²) >= 11 is 0.740. The molecule has 9 heteroatoms. The van der Waals surface area contributed by atoms with Gasteiger partial charge in [-0.3, -0.25) is 24.1 Å². The molecule has 0 aliphatic carbocycles. The molecule has 0 radical (unpaired) electrons. The number of imide groups is 1. The smallest absolute Gasteiger partial charge is 0.293 e. The Morgan fingerprint density at radius 3 is 2.62 bits per heavy atom. The van der Waals surface area contributed by atoms with Crippen LogP contribution in [0.2, 0.25) is 0 Å². The zero-order valence-electron chi connectivity index (χ0n) is 18.6. The Morgan fingerprint density at radius 2 is 1.88 bits per heavy atom. The number of nitrogens with one attached hydrogen (secondary N) is 1. The summed E-state index contributed by atoms with van der Waals surface area (Å²) in [7, 11) is 0. The van der Waals surface area contributed by atoms with Gasteiger partial charge in [0.1, 0.15) is 5.82 Å². The molecule has 176 valence electrons. The van der Waals surface area contributed by atoms with Crippen molar-refractivity contribution in [3.05, 3.63) is 75.9 Å². The molecule has 0 saturated carbocycles. The first-order valence-electron chi connectivity index (χ1n) is 10.9. The lowest BCUT2D eigenvalue weighted by Crippen LogP contribution is -2.40. The van der Waals surface area contributed by atoms with E-state index >= 15 is 0 Å². The normalized spacial score (nSPS) is 19.4. The average Bonchev–Trinajstić information content (AvgIpc) is 3.30. The number of nitrogens with zero attached hydrogens (tertiary/aromatic N) is 2. The van der Waals surface area contributed by atoms with Crippen molar-refractivity contribution in [2.45, 2.75) is 19.9 Å². The van der Waals surface area contributed by atoms with Gasteiger partial charge in [-0.1, -0.05) is 48.0 Å². The van der Waals surface area contributed by atoms with Gasteiger partial charge in [0.2, 0.25) is 11.8 Å². The van der Waals surface area contributed by atoms with Gasteiger partial charge in [-0.15, -0.1) is 0 Å². The Kier molecular flexibility index (Phi) is 7.12. The predicted molar refractivity (Wildman–Crippen MR) is 127 cm³/mol. The van der Waals surface area contributed by atoms with E-state index in [1.807, 2.05) is 31.2 Å². The molecule has 2 aromatic rings. The summed E-state index contributed by atoms with van der Waals surface area (Å²) < 4.78 is 13.9. The van der Waals surface area contributed by atoms with E-state index in [2.05, 4.69) is 5.32 Å². The van der Waals surface area contributed by atoms with Crippen LogP contribution in [0.15, 0.2) is 53.4 Å². The molecule has 2 heterocycles. The number of amides is 4. The highest BCUT2D eigenvalue weighted by molar-refractivity contribution is 8.18. The first-order chi connectivity index (χ1) is 16.3. The minimum absolute atomic E-state index is 0.00122. The second-order valence-electron chi connectivity index (χ2n) is 8.31. The molecule has 1 unspecified atom stereocenters. The van der Waals surface area contributed by atoms with Crippen LogP contribution in [-0.2, 0) is 20.9 Å². The summed E-state index contributed by atoms with van der Waals surface area (Å²) in [5.41, 5.74) is 2.36. The van der Waals surface area contributed by atoms with Crippen LogP contribution in [0.1, 0.15) is 23.1 Å². The van der Waals surface area contributed by atoms with Crippen molar-refractivity contribution >= 4 is 40.8 Å². The van der Waals surface area contributed by atoms with Crippen molar-refractivity contribution in [1.29, 1.82) is 0 Å². The van der Waals surface area contributed by atoms with Gasteiger partial charge in [0.05, 0.1) is 10.8 Å². The molecule has 1 N–H and O–H groups in total. The first kappa shape index (κ1) is 23.7. The Morgan fingerprint density at radius 1 is 1.15 bits per heavy atom. The number of hydrogen-bond donors (Lipinski definition) is 1. The largest absolute Gasteiger partial charge is 0.354 e. The van der Waals surface area contributed by atoms with Crippen LogP contribution < -0.4 is 5.32 Å². The molecule has 2 saturated heterocycles. The molecule has 4 rings (SSSR count). The fourth-order valence-electron chi connectivity index (χ4n) is 3.88. The van der Waals surface area contributed by atoms with E-state index in [0.29, 0.717) is 13.1 Å². The van der Waals surface area contributed by atoms with E-state index in [0.717, 1.165) is 27.8 Å². The van der Waals surface area contributed by atoms with Gasteiger partial charge in [0.15, 0.2) is 0 Å². The molecule has 0 spiro atoms. The molecular formula is C25H24FN3O4S. The number of thioether (sulfide) groups is 1. The van der Waals surface area contributed by atoms with Gasteiger partial charge >= 0.3 is 0 Å². The van der Waals surface area contributed by atoms with Crippen LogP contribution in [0.25, 0.3) is 6.08 Å². The van der Waals surface area contributed by atoms with E-state index in [9.17, 15) is 23.6 Å². The second kappa shape index (κ2) is 10.2. The molecule has 4 amide bonds. The summed E-state index contributed by atoms with van der Waals surface area (Å²) in [5, 5.41) is 2.26. The Bertz CT molecular complexity index is 1170. The van der Waals surface area contributed by atoms with Gasteiger partial charge in [0, 0.05) is 38.2 Å². The van der Waals surface area contributed by atoms with Gasteiger partial charge in [0.25, 0.3) is 11.1 Å². The maximum atomic E-state index is 13.9. The van der Waals surface area contributed by atoms with Crippen molar-refractivity contribution in [1.82, 2.24) is 15.1 Å². The quantitative estimate of drug-likeness (QED) is 0.613. The van der Waals surface area contributed by atoms with E-state index in [-0.39, 0.29) is 41.8 Å². The molecule has 2 aliphatic heterocycles. The molecule has 2 aliphatic rings. The lowest BCUT2D eigenvalue weighted by atomic mass is 10.1. The van der Waals surface area contributed by atoms with Gasteiger partial charge in [-0.25, -0.2) is 4.39 Å². The fraction of sp³-hybridized carbons (Fsp3) is 0.280. The molecule has 1 atom stereocenters. The first-order valence-corrected chi connectivity index (χ1v) is 11.7. The summed E-state index contributed by atoms with van der Waals surface area (Å²) in [6.45, 7) is 2.85. The van der Waals surface area contributed by atoms with Crippen molar-refractivity contribution in [2.75, 3.05) is 19.6 Å². The minimum atomic E-state index is -0.521. The van der Waals surface area contributed by atoms with Gasteiger partial charge in [-0.05, 0) is 36.4 Å². The standard InChI is InChI=1S/C25H24FN3O4S/c1-16-6-8-17(9-7-16)14-28-15-19(13-22(28)30)23(31)27-10-11-29-24(32)21(34-25(29)33)12-18-4-2-3-5-20(18)26/h2-9,12,19H,10-11,13-15H2,1H3,(H,27,31)/b21-12-. The topological polar surface area (TPSA) is 86.8 Å². The Hall–Kier alpha value is -3.46. The van der Waals surface area contributed by atoms with Crippen LogP contribution in [-0.4, -0.2) is 52.4 Å². The maximum Gasteiger partial charge on any atom is 0.293 e. The number of rotatable bonds is 7. The van der Waals surface area contributed by atoms with E-state index in [4.69, 9.17) is 0 Å². The number of likely N-dealkylation sites (tertiary alicyclic amines) is 1. The third kappa shape index (κ3) is 5.36. The zero-order chi connectivity index (χ0) is 24.2. The number of halogens is 1. The maximum absolute atomic E-state index is 13.9. The van der Waals surface area contributed by atoms with Crippen LogP contribution in [0.4, 0.5) is 9.18 Å². The van der Waals surface area contributed by atoms with E-state index < -0.39 is 22.9 Å². The van der Waals surface area contributed by atoms with Crippen molar-refractivity contribution in [3.63, 3.8) is 0 Å². The molecule has 0 bridgehead atoms. The number of carbonyl (C=O) groups excluding carboxylic acids is 4. The lowest BCUT2D eigenvalue weighted by Gasteiger charge is -2.17. The molecular weight excluding hydrogens is 457 g/mol. The fourth-order valence-corrected chi connectivity index (χ4v) is 4.73. The predicted octanol–water partition coefficient (Wildman–Crippen LogP) is 3.34. The van der Waals surface area contributed by atoms with E-state index in [1.54, 1.807) is 17.0 Å². The Balaban J connectivity index is 1.28. The summed E-state index contributed by atoms with van der Waals surface area (Å²) in [6, 6.07) is 13.9. The van der Waals surface area contributed by atoms with Crippen molar-refractivity contribution in [2.24, 2.45) is 5.92 Å². The van der Waals surface area contributed by atoms with Crippen LogP contribution in [0.3, 0.4) is 0 Å². The second-order valence-corrected chi connectivity index (χ2v) is 9.30. The zero-order valence-corrected chi connectivity index (χ0v) is 19.4. The van der Waals surface area contributed by atoms with E-state index in [1.165, 1.54) is 18.2 Å². The summed E-state index contributed by atoms with van der Waals surface area (Å²) in [5.74, 6) is -1.84. The SMILES string of the molecule is Cc1ccc(CN2CC(C(=O)NCCN3C(=O)S/C(=C\c4ccccc4F)C3=O)CC2=O)cc1. The summed E-state index contributed by atoms with van der Waals surface area (Å²) in [6.07, 6.45) is 1.48. The monoisotopic (exact) mass is 481 g/mol. The molecule has 34 heavy (non-hydrogen) atoms. The summed E-state index contributed by atoms with van der Waals surface area (Å²) in [4.78, 5) is 52.6.